The summed E-state index contributed by atoms with van der Waals surface area (Å²) < 4.78 is 12.9. The number of aromatic nitrogens is 1. The van der Waals surface area contributed by atoms with Crippen molar-refractivity contribution in [1.82, 2.24) is 4.98 Å². The second kappa shape index (κ2) is 4.82. The molecule has 1 aromatic heterocycles. The highest BCUT2D eigenvalue weighted by atomic mass is 19.1. The van der Waals surface area contributed by atoms with E-state index >= 15 is 0 Å². The smallest absolute Gasteiger partial charge is 0.214 e. The lowest BCUT2D eigenvalue weighted by Crippen LogP contribution is -2.08. The van der Waals surface area contributed by atoms with Crippen molar-refractivity contribution in [1.29, 1.82) is 0 Å². The number of anilines is 3. The average Bonchev–Trinajstić information content (AvgIpc) is 2.29. The van der Waals surface area contributed by atoms with Crippen LogP contribution < -0.4 is 10.2 Å². The maximum atomic E-state index is 12.9. The molecule has 2 rings (SSSR count). The van der Waals surface area contributed by atoms with Crippen molar-refractivity contribution in [3.05, 3.63) is 48.5 Å². The molecular weight excluding hydrogens is 217 g/mol. The molecule has 17 heavy (non-hydrogen) atoms. The minimum atomic E-state index is -0.486. The van der Waals surface area contributed by atoms with Crippen LogP contribution in [-0.2, 0) is 0 Å². The third kappa shape index (κ3) is 2.93. The van der Waals surface area contributed by atoms with Crippen LogP contribution in [0.5, 0.6) is 0 Å². The van der Waals surface area contributed by atoms with Gasteiger partial charge in [0.05, 0.1) is 0 Å². The zero-order valence-electron chi connectivity index (χ0n) is 9.81. The summed E-state index contributed by atoms with van der Waals surface area (Å²) >= 11 is 0. The molecule has 1 aromatic carbocycles. The summed E-state index contributed by atoms with van der Waals surface area (Å²) in [6, 6.07) is 11.0. The monoisotopic (exact) mass is 231 g/mol. The van der Waals surface area contributed by atoms with Gasteiger partial charge in [-0.25, -0.2) is 4.98 Å². The van der Waals surface area contributed by atoms with Gasteiger partial charge in [-0.3, -0.25) is 0 Å². The Balaban J connectivity index is 2.14. The molecule has 0 amide bonds. The molecule has 0 spiro atoms. The minimum Gasteiger partial charge on any atom is -0.378 e. The zero-order chi connectivity index (χ0) is 12.3. The maximum Gasteiger partial charge on any atom is 0.214 e. The first kappa shape index (κ1) is 11.4. The van der Waals surface area contributed by atoms with Crippen molar-refractivity contribution < 1.29 is 4.39 Å². The molecule has 1 heterocycles. The number of benzene rings is 1. The van der Waals surface area contributed by atoms with E-state index in [1.165, 1.54) is 12.3 Å². The topological polar surface area (TPSA) is 28.2 Å². The Hall–Kier alpha value is -2.10. The van der Waals surface area contributed by atoms with Gasteiger partial charge in [-0.15, -0.1) is 0 Å². The van der Waals surface area contributed by atoms with Gasteiger partial charge in [-0.2, -0.15) is 4.39 Å². The fraction of sp³-hybridized carbons (Fsp3) is 0.154. The molecule has 0 saturated heterocycles. The van der Waals surface area contributed by atoms with Gasteiger partial charge >= 0.3 is 0 Å². The SMILES string of the molecule is CN(C)c1ccc(Nc2ccnc(F)c2)cc1. The van der Waals surface area contributed by atoms with Gasteiger partial charge in [0, 0.05) is 43.4 Å². The molecular formula is C13H14FN3. The second-order valence-electron chi connectivity index (χ2n) is 3.93. The van der Waals surface area contributed by atoms with Crippen LogP contribution in [0.25, 0.3) is 0 Å². The number of nitrogens with zero attached hydrogens (tertiary/aromatic N) is 2. The lowest BCUT2D eigenvalue weighted by atomic mass is 10.2. The molecule has 0 aliphatic carbocycles. The van der Waals surface area contributed by atoms with Crippen LogP contribution in [0.15, 0.2) is 42.6 Å². The summed E-state index contributed by atoms with van der Waals surface area (Å²) in [5, 5.41) is 3.11. The Bertz CT molecular complexity index is 494. The first-order valence-electron chi connectivity index (χ1n) is 5.31. The summed E-state index contributed by atoms with van der Waals surface area (Å²) in [5.74, 6) is -0.486. The molecule has 0 aliphatic rings. The predicted octanol–water partition coefficient (Wildman–Crippen LogP) is 3.03. The number of nitrogens with one attached hydrogen (secondary N) is 1. The van der Waals surface area contributed by atoms with E-state index in [0.29, 0.717) is 5.69 Å². The quantitative estimate of drug-likeness (QED) is 0.823. The van der Waals surface area contributed by atoms with Crippen molar-refractivity contribution in [2.45, 2.75) is 0 Å². The number of hydrogen-bond donors (Lipinski definition) is 1. The summed E-state index contributed by atoms with van der Waals surface area (Å²) in [5.41, 5.74) is 2.73. The molecule has 0 bridgehead atoms. The summed E-state index contributed by atoms with van der Waals surface area (Å²) in [6.45, 7) is 0. The molecule has 0 saturated carbocycles. The number of pyridine rings is 1. The molecule has 0 unspecified atom stereocenters. The minimum absolute atomic E-state index is 0.486. The van der Waals surface area contributed by atoms with Gasteiger partial charge in [-0.1, -0.05) is 0 Å². The van der Waals surface area contributed by atoms with Crippen LogP contribution in [-0.4, -0.2) is 19.1 Å². The van der Waals surface area contributed by atoms with E-state index in [0.717, 1.165) is 11.4 Å². The lowest BCUT2D eigenvalue weighted by molar-refractivity contribution is 0.584. The van der Waals surface area contributed by atoms with Crippen molar-refractivity contribution in [2.24, 2.45) is 0 Å². The van der Waals surface area contributed by atoms with Crippen LogP contribution in [0.4, 0.5) is 21.5 Å². The highest BCUT2D eigenvalue weighted by Crippen LogP contribution is 2.19. The average molecular weight is 231 g/mol. The van der Waals surface area contributed by atoms with E-state index in [1.54, 1.807) is 6.07 Å². The number of halogens is 1. The van der Waals surface area contributed by atoms with Crippen LogP contribution in [0.3, 0.4) is 0 Å². The highest BCUT2D eigenvalue weighted by Gasteiger charge is 1.98. The van der Waals surface area contributed by atoms with E-state index in [-0.39, 0.29) is 0 Å². The molecule has 0 atom stereocenters. The third-order valence-corrected chi connectivity index (χ3v) is 2.40. The molecule has 0 fully saturated rings. The summed E-state index contributed by atoms with van der Waals surface area (Å²) in [7, 11) is 3.97. The van der Waals surface area contributed by atoms with Crippen molar-refractivity contribution in [3.8, 4) is 0 Å². The van der Waals surface area contributed by atoms with Gasteiger partial charge in [0.15, 0.2) is 0 Å². The number of hydrogen-bond acceptors (Lipinski definition) is 3. The molecule has 0 aliphatic heterocycles. The van der Waals surface area contributed by atoms with Crippen LogP contribution in [0.1, 0.15) is 0 Å². The van der Waals surface area contributed by atoms with E-state index < -0.39 is 5.95 Å². The Morgan fingerprint density at radius 1 is 1.06 bits per heavy atom. The largest absolute Gasteiger partial charge is 0.378 e. The van der Waals surface area contributed by atoms with Gasteiger partial charge in [0.2, 0.25) is 5.95 Å². The molecule has 88 valence electrons. The number of rotatable bonds is 3. The standard InChI is InChI=1S/C13H14FN3/c1-17(2)12-5-3-10(4-6-12)16-11-7-8-15-13(14)9-11/h3-9H,1-2H3,(H,15,16). The fourth-order valence-corrected chi connectivity index (χ4v) is 1.49. The van der Waals surface area contributed by atoms with Gasteiger partial charge in [0.1, 0.15) is 0 Å². The summed E-state index contributed by atoms with van der Waals surface area (Å²) in [4.78, 5) is 5.53. The Morgan fingerprint density at radius 3 is 2.35 bits per heavy atom. The molecule has 2 aromatic rings. The second-order valence-corrected chi connectivity index (χ2v) is 3.93. The van der Waals surface area contributed by atoms with Crippen molar-refractivity contribution in [2.75, 3.05) is 24.3 Å². The van der Waals surface area contributed by atoms with E-state index in [9.17, 15) is 4.39 Å². The van der Waals surface area contributed by atoms with Crippen molar-refractivity contribution >= 4 is 17.1 Å². The fourth-order valence-electron chi connectivity index (χ4n) is 1.49. The van der Waals surface area contributed by atoms with E-state index in [1.807, 2.05) is 43.3 Å². The van der Waals surface area contributed by atoms with Gasteiger partial charge < -0.3 is 10.2 Å². The molecule has 4 heteroatoms. The Labute approximate surface area is 99.9 Å². The predicted molar refractivity (Wildman–Crippen MR) is 68.2 cm³/mol. The van der Waals surface area contributed by atoms with Gasteiger partial charge in [0.25, 0.3) is 0 Å². The van der Waals surface area contributed by atoms with Gasteiger partial charge in [-0.05, 0) is 30.3 Å². The zero-order valence-corrected chi connectivity index (χ0v) is 9.81. The first-order chi connectivity index (χ1) is 8.15. The van der Waals surface area contributed by atoms with Crippen LogP contribution >= 0.6 is 0 Å². The molecule has 3 nitrogen and oxygen atoms in total. The first-order valence-corrected chi connectivity index (χ1v) is 5.31. The Kier molecular flexibility index (Phi) is 3.23. The third-order valence-electron chi connectivity index (χ3n) is 2.40. The highest BCUT2D eigenvalue weighted by molar-refractivity contribution is 5.62. The van der Waals surface area contributed by atoms with E-state index in [2.05, 4.69) is 10.3 Å². The molecule has 0 radical (unpaired) electrons. The van der Waals surface area contributed by atoms with Crippen LogP contribution in [0.2, 0.25) is 0 Å². The molecule has 1 N–H and O–H groups in total. The van der Waals surface area contributed by atoms with E-state index in [4.69, 9.17) is 0 Å². The van der Waals surface area contributed by atoms with Crippen LogP contribution in [0, 0.1) is 5.95 Å². The summed E-state index contributed by atoms with van der Waals surface area (Å²) in [6.07, 6.45) is 1.44. The lowest BCUT2D eigenvalue weighted by Gasteiger charge is -2.13. The maximum absolute atomic E-state index is 12.9. The normalized spacial score (nSPS) is 10.1. The Morgan fingerprint density at radius 2 is 1.76 bits per heavy atom. The van der Waals surface area contributed by atoms with Crippen molar-refractivity contribution in [3.63, 3.8) is 0 Å².